The summed E-state index contributed by atoms with van der Waals surface area (Å²) in [5.74, 6) is -0.0135. The van der Waals surface area contributed by atoms with Crippen LogP contribution in [0.4, 0.5) is 11.4 Å². The van der Waals surface area contributed by atoms with Crippen molar-refractivity contribution in [3.63, 3.8) is 0 Å². The number of nitrogens with zero attached hydrogens (tertiary/aromatic N) is 3. The maximum atomic E-state index is 12.3. The van der Waals surface area contributed by atoms with Gasteiger partial charge in [0.1, 0.15) is 6.54 Å². The summed E-state index contributed by atoms with van der Waals surface area (Å²) < 4.78 is 1.75. The molecule has 5 nitrogen and oxygen atoms in total. The number of amides is 1. The normalized spacial score (nSPS) is 10.6. The van der Waals surface area contributed by atoms with Crippen molar-refractivity contribution >= 4 is 17.3 Å². The highest BCUT2D eigenvalue weighted by molar-refractivity contribution is 5.92. The number of aryl methyl sites for hydroxylation is 1. The van der Waals surface area contributed by atoms with E-state index < -0.39 is 0 Å². The molecule has 1 aromatic heterocycles. The van der Waals surface area contributed by atoms with Crippen LogP contribution in [0.25, 0.3) is 0 Å². The number of rotatable bonds is 3. The van der Waals surface area contributed by atoms with Gasteiger partial charge in [-0.25, -0.2) is 0 Å². The second kappa shape index (κ2) is 5.36. The monoisotopic (exact) mass is 272 g/mol. The largest absolute Gasteiger partial charge is 0.399 e. The zero-order valence-corrected chi connectivity index (χ0v) is 12.3. The average Bonchev–Trinajstić information content (AvgIpc) is 2.66. The molecule has 1 heterocycles. The molecule has 2 rings (SSSR count). The number of hydrogen-bond donors (Lipinski definition) is 1. The molecule has 0 saturated heterocycles. The number of likely N-dealkylation sites (N-methyl/N-ethyl adjacent to an activating group) is 1. The van der Waals surface area contributed by atoms with Gasteiger partial charge in [-0.15, -0.1) is 0 Å². The zero-order valence-electron chi connectivity index (χ0n) is 12.3. The van der Waals surface area contributed by atoms with Crippen LogP contribution in [-0.2, 0) is 11.3 Å². The lowest BCUT2D eigenvalue weighted by molar-refractivity contribution is -0.119. The summed E-state index contributed by atoms with van der Waals surface area (Å²) in [5, 5.41) is 4.39. The van der Waals surface area contributed by atoms with Crippen LogP contribution in [-0.4, -0.2) is 22.7 Å². The van der Waals surface area contributed by atoms with Crippen LogP contribution in [0.3, 0.4) is 0 Å². The van der Waals surface area contributed by atoms with E-state index in [9.17, 15) is 4.79 Å². The minimum atomic E-state index is -0.0135. The zero-order chi connectivity index (χ0) is 14.9. The Morgan fingerprint density at radius 3 is 2.35 bits per heavy atom. The van der Waals surface area contributed by atoms with Crippen LogP contribution in [0.5, 0.6) is 0 Å². The van der Waals surface area contributed by atoms with Gasteiger partial charge >= 0.3 is 0 Å². The first kappa shape index (κ1) is 14.1. The van der Waals surface area contributed by atoms with Crippen molar-refractivity contribution in [3.05, 3.63) is 41.2 Å². The molecule has 5 heteroatoms. The van der Waals surface area contributed by atoms with Crippen LogP contribution < -0.4 is 10.6 Å². The van der Waals surface area contributed by atoms with Gasteiger partial charge in [0.25, 0.3) is 0 Å². The molecule has 0 spiro atoms. The number of nitrogen functional groups attached to an aromatic ring is 1. The van der Waals surface area contributed by atoms with Gasteiger partial charge in [-0.2, -0.15) is 5.10 Å². The van der Waals surface area contributed by atoms with Gasteiger partial charge in [-0.1, -0.05) is 0 Å². The van der Waals surface area contributed by atoms with E-state index in [1.54, 1.807) is 28.8 Å². The number of hydrogen-bond acceptors (Lipinski definition) is 3. The Morgan fingerprint density at radius 1 is 1.25 bits per heavy atom. The maximum Gasteiger partial charge on any atom is 0.248 e. The fourth-order valence-corrected chi connectivity index (χ4v) is 2.02. The molecule has 20 heavy (non-hydrogen) atoms. The Kier molecular flexibility index (Phi) is 3.79. The Labute approximate surface area is 119 Å². The van der Waals surface area contributed by atoms with Crippen molar-refractivity contribution in [1.29, 1.82) is 0 Å². The summed E-state index contributed by atoms with van der Waals surface area (Å²) in [6.45, 7) is 6.18. The molecule has 1 aromatic carbocycles. The van der Waals surface area contributed by atoms with E-state index in [1.165, 1.54) is 0 Å². The van der Waals surface area contributed by atoms with Gasteiger partial charge in [0, 0.05) is 24.1 Å². The van der Waals surface area contributed by atoms with Crippen LogP contribution in [0.15, 0.2) is 24.3 Å². The van der Waals surface area contributed by atoms with Crippen molar-refractivity contribution in [2.24, 2.45) is 0 Å². The fraction of sp³-hybridized carbons (Fsp3) is 0.333. The van der Waals surface area contributed by atoms with Crippen LogP contribution in [0.1, 0.15) is 17.0 Å². The van der Waals surface area contributed by atoms with E-state index >= 15 is 0 Å². The first-order valence-corrected chi connectivity index (χ1v) is 6.53. The highest BCUT2D eigenvalue weighted by atomic mass is 16.2. The minimum Gasteiger partial charge on any atom is -0.399 e. The number of anilines is 2. The van der Waals surface area contributed by atoms with Crippen LogP contribution in [0, 0.1) is 20.8 Å². The van der Waals surface area contributed by atoms with Gasteiger partial charge in [-0.3, -0.25) is 9.48 Å². The van der Waals surface area contributed by atoms with Crippen molar-refractivity contribution in [2.45, 2.75) is 27.3 Å². The predicted octanol–water partition coefficient (Wildman–Crippen LogP) is 2.05. The third kappa shape index (κ3) is 2.66. The van der Waals surface area contributed by atoms with Gasteiger partial charge in [0.15, 0.2) is 0 Å². The van der Waals surface area contributed by atoms with Gasteiger partial charge in [0.05, 0.1) is 5.69 Å². The topological polar surface area (TPSA) is 64.2 Å². The molecular weight excluding hydrogens is 252 g/mol. The van der Waals surface area contributed by atoms with Gasteiger partial charge in [-0.05, 0) is 50.6 Å². The summed E-state index contributed by atoms with van der Waals surface area (Å²) in [4.78, 5) is 13.9. The smallest absolute Gasteiger partial charge is 0.248 e. The summed E-state index contributed by atoms with van der Waals surface area (Å²) in [6.07, 6.45) is 0. The molecule has 0 unspecified atom stereocenters. The van der Waals surface area contributed by atoms with E-state index in [0.717, 1.165) is 22.6 Å². The molecule has 0 atom stereocenters. The molecule has 2 aromatic rings. The molecule has 1 amide bonds. The summed E-state index contributed by atoms with van der Waals surface area (Å²) in [6, 6.07) is 7.23. The summed E-state index contributed by atoms with van der Waals surface area (Å²) in [7, 11) is 1.76. The highest BCUT2D eigenvalue weighted by Gasteiger charge is 2.15. The number of aromatic nitrogens is 2. The highest BCUT2D eigenvalue weighted by Crippen LogP contribution is 2.16. The standard InChI is InChI=1S/C15H20N4O/c1-10-11(2)17-19(12(10)3)9-15(20)18(4)14-7-5-13(16)6-8-14/h5-8H,9,16H2,1-4H3. The number of carbonyl (C=O) groups excluding carboxylic acids is 1. The first-order chi connectivity index (χ1) is 9.40. The third-order valence-corrected chi connectivity index (χ3v) is 3.68. The van der Waals surface area contributed by atoms with Crippen molar-refractivity contribution in [1.82, 2.24) is 9.78 Å². The molecule has 0 aliphatic rings. The molecule has 0 saturated carbocycles. The molecule has 106 valence electrons. The Balaban J connectivity index is 2.15. The van der Waals surface area contributed by atoms with Crippen LogP contribution >= 0.6 is 0 Å². The Morgan fingerprint density at radius 2 is 1.85 bits per heavy atom. The molecule has 0 radical (unpaired) electrons. The third-order valence-electron chi connectivity index (χ3n) is 3.68. The van der Waals surface area contributed by atoms with E-state index in [2.05, 4.69) is 5.10 Å². The van der Waals surface area contributed by atoms with Crippen LogP contribution in [0.2, 0.25) is 0 Å². The molecular formula is C15H20N4O. The second-order valence-corrected chi connectivity index (χ2v) is 5.00. The number of carbonyl (C=O) groups is 1. The van der Waals surface area contributed by atoms with Gasteiger partial charge < -0.3 is 10.6 Å². The Hall–Kier alpha value is -2.30. The van der Waals surface area contributed by atoms with Gasteiger partial charge in [0.2, 0.25) is 5.91 Å². The average molecular weight is 272 g/mol. The fourth-order valence-electron chi connectivity index (χ4n) is 2.02. The second-order valence-electron chi connectivity index (χ2n) is 5.00. The lowest BCUT2D eigenvalue weighted by atomic mass is 10.2. The van der Waals surface area contributed by atoms with Crippen molar-refractivity contribution < 1.29 is 4.79 Å². The summed E-state index contributed by atoms with van der Waals surface area (Å²) in [5.41, 5.74) is 10.3. The molecule has 0 aliphatic carbocycles. The minimum absolute atomic E-state index is 0.0135. The lowest BCUT2D eigenvalue weighted by Crippen LogP contribution is -2.30. The first-order valence-electron chi connectivity index (χ1n) is 6.53. The van der Waals surface area contributed by atoms with Crippen molar-refractivity contribution in [2.75, 3.05) is 17.7 Å². The lowest BCUT2D eigenvalue weighted by Gasteiger charge is -2.18. The van der Waals surface area contributed by atoms with Crippen molar-refractivity contribution in [3.8, 4) is 0 Å². The van der Waals surface area contributed by atoms with E-state index in [-0.39, 0.29) is 12.5 Å². The van der Waals surface area contributed by atoms with E-state index in [4.69, 9.17) is 5.73 Å². The molecule has 0 aliphatic heterocycles. The molecule has 0 bridgehead atoms. The quantitative estimate of drug-likeness (QED) is 0.870. The molecule has 2 N–H and O–H groups in total. The number of benzene rings is 1. The number of nitrogens with two attached hydrogens (primary N) is 1. The maximum absolute atomic E-state index is 12.3. The summed E-state index contributed by atoms with van der Waals surface area (Å²) >= 11 is 0. The van der Waals surface area contributed by atoms with E-state index in [1.807, 2.05) is 32.9 Å². The SMILES string of the molecule is Cc1nn(CC(=O)N(C)c2ccc(N)cc2)c(C)c1C. The van der Waals surface area contributed by atoms with E-state index in [0.29, 0.717) is 5.69 Å². The predicted molar refractivity (Wildman–Crippen MR) is 80.7 cm³/mol. The molecule has 0 fully saturated rings. The Bertz CT molecular complexity index is 628.